The molecule has 0 aliphatic heterocycles. The Balaban J connectivity index is 2.49. The molecule has 0 aliphatic rings. The van der Waals surface area contributed by atoms with E-state index in [0.29, 0.717) is 5.69 Å². The second kappa shape index (κ2) is 4.23. The summed E-state index contributed by atoms with van der Waals surface area (Å²) in [4.78, 5) is 10.9. The van der Waals surface area contributed by atoms with Crippen LogP contribution in [0, 0.1) is 6.92 Å². The fourth-order valence-electron chi connectivity index (χ4n) is 1.73. The Labute approximate surface area is 94.3 Å². The van der Waals surface area contributed by atoms with Crippen LogP contribution in [-0.2, 0) is 0 Å². The van der Waals surface area contributed by atoms with Gasteiger partial charge in [-0.25, -0.2) is 0 Å². The highest BCUT2D eigenvalue weighted by molar-refractivity contribution is 5.74. The third-order valence-corrected chi connectivity index (χ3v) is 2.56. The van der Waals surface area contributed by atoms with Crippen molar-refractivity contribution in [2.75, 3.05) is 7.11 Å². The van der Waals surface area contributed by atoms with Crippen LogP contribution in [-0.4, -0.2) is 18.0 Å². The molecular formula is C13H13NO2. The van der Waals surface area contributed by atoms with E-state index in [1.165, 1.54) is 0 Å². The minimum atomic E-state index is 0.655. The van der Waals surface area contributed by atoms with Crippen LogP contribution in [0.2, 0.25) is 0 Å². The van der Waals surface area contributed by atoms with Crippen molar-refractivity contribution in [3.8, 4) is 11.4 Å². The summed E-state index contributed by atoms with van der Waals surface area (Å²) in [5.41, 5.74) is 2.65. The summed E-state index contributed by atoms with van der Waals surface area (Å²) in [5.74, 6) is 0.807. The molecule has 16 heavy (non-hydrogen) atoms. The molecule has 0 amide bonds. The molecule has 0 saturated heterocycles. The summed E-state index contributed by atoms with van der Waals surface area (Å²) in [6, 6.07) is 11.4. The van der Waals surface area contributed by atoms with Gasteiger partial charge in [-0.3, -0.25) is 4.79 Å². The van der Waals surface area contributed by atoms with E-state index in [9.17, 15) is 4.79 Å². The molecule has 1 aromatic carbocycles. The molecular weight excluding hydrogens is 202 g/mol. The first-order valence-corrected chi connectivity index (χ1v) is 5.04. The van der Waals surface area contributed by atoms with Crippen LogP contribution in [0.15, 0.2) is 36.4 Å². The Morgan fingerprint density at radius 1 is 1.12 bits per heavy atom. The molecule has 2 aromatic rings. The second-order valence-corrected chi connectivity index (χ2v) is 3.55. The van der Waals surface area contributed by atoms with Gasteiger partial charge in [0, 0.05) is 11.4 Å². The molecule has 0 atom stereocenters. The number of methoxy groups -OCH3 is 1. The molecule has 2 rings (SSSR count). The molecule has 0 spiro atoms. The summed E-state index contributed by atoms with van der Waals surface area (Å²) < 4.78 is 7.00. The number of rotatable bonds is 3. The van der Waals surface area contributed by atoms with Crippen molar-refractivity contribution in [3.63, 3.8) is 0 Å². The molecule has 3 nitrogen and oxygen atoms in total. The van der Waals surface area contributed by atoms with Crippen LogP contribution >= 0.6 is 0 Å². The van der Waals surface area contributed by atoms with Gasteiger partial charge in [-0.15, -0.1) is 0 Å². The molecule has 3 heteroatoms. The van der Waals surface area contributed by atoms with E-state index < -0.39 is 0 Å². The molecule has 0 fully saturated rings. The minimum absolute atomic E-state index is 0.655. The highest BCUT2D eigenvalue weighted by atomic mass is 16.5. The number of aryl methyl sites for hydroxylation is 1. The van der Waals surface area contributed by atoms with Crippen molar-refractivity contribution in [2.45, 2.75) is 6.92 Å². The van der Waals surface area contributed by atoms with E-state index >= 15 is 0 Å². The normalized spacial score (nSPS) is 10.1. The zero-order chi connectivity index (χ0) is 11.5. The molecule has 0 unspecified atom stereocenters. The van der Waals surface area contributed by atoms with Gasteiger partial charge in [-0.1, -0.05) is 0 Å². The number of ether oxygens (including phenoxy) is 1. The van der Waals surface area contributed by atoms with Crippen molar-refractivity contribution < 1.29 is 9.53 Å². The molecule has 0 N–H and O–H groups in total. The van der Waals surface area contributed by atoms with Crippen LogP contribution in [0.25, 0.3) is 5.69 Å². The lowest BCUT2D eigenvalue weighted by atomic mass is 10.3. The Kier molecular flexibility index (Phi) is 2.77. The number of aromatic nitrogens is 1. The smallest absolute Gasteiger partial charge is 0.166 e. The lowest BCUT2D eigenvalue weighted by Gasteiger charge is -2.09. The fourth-order valence-corrected chi connectivity index (χ4v) is 1.73. The largest absolute Gasteiger partial charge is 0.497 e. The number of carbonyl (C=O) groups is 1. The second-order valence-electron chi connectivity index (χ2n) is 3.55. The molecule has 0 saturated carbocycles. The highest BCUT2D eigenvalue weighted by Gasteiger charge is 2.06. The zero-order valence-electron chi connectivity index (χ0n) is 9.31. The van der Waals surface area contributed by atoms with Crippen molar-refractivity contribution in [1.82, 2.24) is 4.57 Å². The average Bonchev–Trinajstić information content (AvgIpc) is 2.70. The Morgan fingerprint density at radius 2 is 1.81 bits per heavy atom. The van der Waals surface area contributed by atoms with E-state index in [2.05, 4.69) is 0 Å². The number of carbonyl (C=O) groups excluding carboxylic acids is 1. The lowest BCUT2D eigenvalue weighted by Crippen LogP contribution is -2.00. The maximum atomic E-state index is 10.9. The van der Waals surface area contributed by atoms with Gasteiger partial charge in [0.25, 0.3) is 0 Å². The minimum Gasteiger partial charge on any atom is -0.497 e. The zero-order valence-corrected chi connectivity index (χ0v) is 9.31. The van der Waals surface area contributed by atoms with Gasteiger partial charge >= 0.3 is 0 Å². The number of aldehydes is 1. The van der Waals surface area contributed by atoms with Gasteiger partial charge in [0.15, 0.2) is 6.29 Å². The van der Waals surface area contributed by atoms with E-state index in [0.717, 1.165) is 23.4 Å². The van der Waals surface area contributed by atoms with Crippen molar-refractivity contribution in [2.24, 2.45) is 0 Å². The molecule has 1 heterocycles. The average molecular weight is 215 g/mol. The van der Waals surface area contributed by atoms with Crippen LogP contribution in [0.1, 0.15) is 16.2 Å². The van der Waals surface area contributed by atoms with Gasteiger partial charge in [0.05, 0.1) is 12.8 Å². The first kappa shape index (κ1) is 10.5. The van der Waals surface area contributed by atoms with Gasteiger partial charge < -0.3 is 9.30 Å². The van der Waals surface area contributed by atoms with Crippen molar-refractivity contribution in [1.29, 1.82) is 0 Å². The highest BCUT2D eigenvalue weighted by Crippen LogP contribution is 2.18. The van der Waals surface area contributed by atoms with Gasteiger partial charge in [0.2, 0.25) is 0 Å². The summed E-state index contributed by atoms with van der Waals surface area (Å²) in [6.07, 6.45) is 0.858. The molecule has 82 valence electrons. The molecule has 0 radical (unpaired) electrons. The molecule has 0 aliphatic carbocycles. The fraction of sp³-hybridized carbons (Fsp3) is 0.154. The van der Waals surface area contributed by atoms with Crippen molar-refractivity contribution in [3.05, 3.63) is 47.8 Å². The predicted molar refractivity (Wildman–Crippen MR) is 62.4 cm³/mol. The Bertz CT molecular complexity index is 497. The first-order valence-electron chi connectivity index (χ1n) is 5.04. The third-order valence-electron chi connectivity index (χ3n) is 2.56. The predicted octanol–water partition coefficient (Wildman–Crippen LogP) is 2.61. The van der Waals surface area contributed by atoms with Gasteiger partial charge in [-0.05, 0) is 43.3 Å². The quantitative estimate of drug-likeness (QED) is 0.737. The Morgan fingerprint density at radius 3 is 2.38 bits per heavy atom. The van der Waals surface area contributed by atoms with Gasteiger partial charge in [0.1, 0.15) is 5.75 Å². The maximum absolute atomic E-state index is 10.9. The van der Waals surface area contributed by atoms with Crippen LogP contribution in [0.3, 0.4) is 0 Å². The number of hydrogen-bond acceptors (Lipinski definition) is 2. The Hall–Kier alpha value is -2.03. The number of nitrogens with zero attached hydrogens (tertiary/aromatic N) is 1. The number of benzene rings is 1. The van der Waals surface area contributed by atoms with Crippen LogP contribution < -0.4 is 4.74 Å². The lowest BCUT2D eigenvalue weighted by molar-refractivity contribution is 0.111. The topological polar surface area (TPSA) is 31.2 Å². The van der Waals surface area contributed by atoms with E-state index in [4.69, 9.17) is 4.74 Å². The first-order chi connectivity index (χ1) is 7.76. The van der Waals surface area contributed by atoms with E-state index in [-0.39, 0.29) is 0 Å². The maximum Gasteiger partial charge on any atom is 0.166 e. The summed E-state index contributed by atoms with van der Waals surface area (Å²) in [6.45, 7) is 1.97. The SMILES string of the molecule is COc1ccc(-n2c(C)ccc2C=O)cc1. The van der Waals surface area contributed by atoms with Gasteiger partial charge in [-0.2, -0.15) is 0 Å². The third kappa shape index (κ3) is 1.72. The number of hydrogen-bond donors (Lipinski definition) is 0. The van der Waals surface area contributed by atoms with Crippen LogP contribution in [0.4, 0.5) is 0 Å². The summed E-state index contributed by atoms with van der Waals surface area (Å²) >= 11 is 0. The van der Waals surface area contributed by atoms with Crippen molar-refractivity contribution >= 4 is 6.29 Å². The van der Waals surface area contributed by atoms with E-state index in [1.807, 2.05) is 47.9 Å². The van der Waals surface area contributed by atoms with E-state index in [1.54, 1.807) is 7.11 Å². The summed E-state index contributed by atoms with van der Waals surface area (Å²) in [5, 5.41) is 0. The monoisotopic (exact) mass is 215 g/mol. The molecule has 1 aromatic heterocycles. The molecule has 0 bridgehead atoms. The standard InChI is InChI=1S/C13H13NO2/c1-10-3-4-12(9-15)14(10)11-5-7-13(16-2)8-6-11/h3-9H,1-2H3. The summed E-state index contributed by atoms with van der Waals surface area (Å²) in [7, 11) is 1.63. The van der Waals surface area contributed by atoms with Crippen LogP contribution in [0.5, 0.6) is 5.75 Å².